The number of benzene rings is 1. The third kappa shape index (κ3) is 4.95. The van der Waals surface area contributed by atoms with Gasteiger partial charge in [-0.3, -0.25) is 4.90 Å². The Bertz CT molecular complexity index is 493. The molecule has 1 heterocycles. The van der Waals surface area contributed by atoms with Crippen LogP contribution in [-0.4, -0.2) is 48.5 Å². The first-order valence-electron chi connectivity index (χ1n) is 9.41. The minimum Gasteiger partial charge on any atom is -0.497 e. The third-order valence-electron chi connectivity index (χ3n) is 5.41. The lowest BCUT2D eigenvalue weighted by molar-refractivity contribution is -0.0242. The molecule has 2 aliphatic rings. The Balaban J connectivity index is 1.67. The Morgan fingerprint density at radius 3 is 2.71 bits per heavy atom. The number of aliphatic hydroxyl groups excluding tert-OH is 1. The molecule has 1 unspecified atom stereocenters. The summed E-state index contributed by atoms with van der Waals surface area (Å²) in [4.78, 5) is 2.58. The van der Waals surface area contributed by atoms with Crippen molar-refractivity contribution < 1.29 is 14.6 Å². The average molecular weight is 333 g/mol. The second kappa shape index (κ2) is 8.84. The van der Waals surface area contributed by atoms with Gasteiger partial charge >= 0.3 is 0 Å². The lowest BCUT2D eigenvalue weighted by atomic mass is 9.91. The number of nitrogens with zero attached hydrogens (tertiary/aromatic N) is 1. The molecule has 24 heavy (non-hydrogen) atoms. The molecule has 0 spiro atoms. The van der Waals surface area contributed by atoms with Crippen molar-refractivity contribution in [1.82, 2.24) is 4.90 Å². The largest absolute Gasteiger partial charge is 0.497 e. The minimum atomic E-state index is -0.106. The van der Waals surface area contributed by atoms with E-state index < -0.39 is 0 Å². The zero-order valence-electron chi connectivity index (χ0n) is 14.8. The smallest absolute Gasteiger partial charge is 0.119 e. The van der Waals surface area contributed by atoms with Gasteiger partial charge in [0.05, 0.1) is 19.3 Å². The molecule has 1 saturated heterocycles. The van der Waals surface area contributed by atoms with Crippen LogP contribution in [-0.2, 0) is 11.3 Å². The highest BCUT2D eigenvalue weighted by atomic mass is 16.5. The molecule has 134 valence electrons. The van der Waals surface area contributed by atoms with Crippen LogP contribution in [0.3, 0.4) is 0 Å². The predicted octanol–water partition coefficient (Wildman–Crippen LogP) is 3.37. The van der Waals surface area contributed by atoms with Crippen molar-refractivity contribution in [2.45, 2.75) is 69.7 Å². The summed E-state index contributed by atoms with van der Waals surface area (Å²) in [6.45, 7) is 2.83. The molecule has 0 aromatic heterocycles. The fourth-order valence-electron chi connectivity index (χ4n) is 3.98. The van der Waals surface area contributed by atoms with Crippen molar-refractivity contribution in [3.05, 3.63) is 29.8 Å². The van der Waals surface area contributed by atoms with Crippen LogP contribution in [0.2, 0.25) is 0 Å². The zero-order valence-corrected chi connectivity index (χ0v) is 14.8. The SMILES string of the molecule is COc1cccc(CN(CC2CCCCO2)C2CCC(O)CC2)c1. The van der Waals surface area contributed by atoms with Crippen molar-refractivity contribution in [2.75, 3.05) is 20.3 Å². The molecule has 2 fully saturated rings. The standard InChI is InChI=1S/C20H31NO3/c1-23-19-7-4-5-16(13-19)14-21(15-20-6-2-3-12-24-20)17-8-10-18(22)11-9-17/h4-5,7,13,17-18,20,22H,2-3,6,8-12,14-15H2,1H3. The molecular weight excluding hydrogens is 302 g/mol. The molecule has 1 atom stereocenters. The fraction of sp³-hybridized carbons (Fsp3) is 0.700. The van der Waals surface area contributed by atoms with Crippen molar-refractivity contribution in [3.8, 4) is 5.75 Å². The van der Waals surface area contributed by atoms with Crippen LogP contribution in [0.15, 0.2) is 24.3 Å². The van der Waals surface area contributed by atoms with E-state index in [-0.39, 0.29) is 6.10 Å². The van der Waals surface area contributed by atoms with Gasteiger partial charge in [0.15, 0.2) is 0 Å². The van der Waals surface area contributed by atoms with Gasteiger partial charge in [-0.25, -0.2) is 0 Å². The van der Waals surface area contributed by atoms with Crippen LogP contribution < -0.4 is 4.74 Å². The van der Waals surface area contributed by atoms with E-state index in [1.807, 2.05) is 6.07 Å². The summed E-state index contributed by atoms with van der Waals surface area (Å²) in [5, 5.41) is 9.83. The first-order chi connectivity index (χ1) is 11.7. The Kier molecular flexibility index (Phi) is 6.52. The van der Waals surface area contributed by atoms with Crippen LogP contribution in [0, 0.1) is 0 Å². The van der Waals surface area contributed by atoms with Gasteiger partial charge < -0.3 is 14.6 Å². The van der Waals surface area contributed by atoms with E-state index in [2.05, 4.69) is 23.1 Å². The molecule has 1 aromatic rings. The topological polar surface area (TPSA) is 41.9 Å². The summed E-state index contributed by atoms with van der Waals surface area (Å²) in [7, 11) is 1.72. The predicted molar refractivity (Wildman–Crippen MR) is 95.3 cm³/mol. The zero-order chi connectivity index (χ0) is 16.8. The number of hydrogen-bond donors (Lipinski definition) is 1. The molecule has 0 bridgehead atoms. The van der Waals surface area contributed by atoms with Gasteiger partial charge in [-0.1, -0.05) is 12.1 Å². The van der Waals surface area contributed by atoms with E-state index in [9.17, 15) is 5.11 Å². The van der Waals surface area contributed by atoms with Gasteiger partial charge in [0, 0.05) is 25.7 Å². The van der Waals surface area contributed by atoms with Gasteiger partial charge in [0.2, 0.25) is 0 Å². The molecule has 1 aromatic carbocycles. The Morgan fingerprint density at radius 1 is 1.17 bits per heavy atom. The summed E-state index contributed by atoms with van der Waals surface area (Å²) < 4.78 is 11.4. The third-order valence-corrected chi connectivity index (χ3v) is 5.41. The number of rotatable bonds is 6. The summed E-state index contributed by atoms with van der Waals surface area (Å²) in [6, 6.07) is 8.91. The summed E-state index contributed by atoms with van der Waals surface area (Å²) in [6.07, 6.45) is 7.90. The molecule has 0 radical (unpaired) electrons. The maximum atomic E-state index is 9.83. The van der Waals surface area contributed by atoms with Crippen molar-refractivity contribution >= 4 is 0 Å². The Morgan fingerprint density at radius 2 is 2.00 bits per heavy atom. The Hall–Kier alpha value is -1.10. The number of ether oxygens (including phenoxy) is 2. The fourth-order valence-corrected chi connectivity index (χ4v) is 3.98. The first-order valence-corrected chi connectivity index (χ1v) is 9.41. The first kappa shape index (κ1) is 17.7. The van der Waals surface area contributed by atoms with Gasteiger partial charge in [-0.2, -0.15) is 0 Å². The molecule has 3 rings (SSSR count). The highest BCUT2D eigenvalue weighted by Gasteiger charge is 2.27. The summed E-state index contributed by atoms with van der Waals surface area (Å²) in [5.41, 5.74) is 1.29. The second-order valence-corrected chi connectivity index (χ2v) is 7.23. The summed E-state index contributed by atoms with van der Waals surface area (Å²) >= 11 is 0. The van der Waals surface area contributed by atoms with Gasteiger partial charge in [0.25, 0.3) is 0 Å². The Labute approximate surface area is 145 Å². The lowest BCUT2D eigenvalue weighted by Crippen LogP contribution is -2.44. The van der Waals surface area contributed by atoms with Crippen LogP contribution in [0.1, 0.15) is 50.5 Å². The van der Waals surface area contributed by atoms with Crippen molar-refractivity contribution in [2.24, 2.45) is 0 Å². The molecule has 4 nitrogen and oxygen atoms in total. The van der Waals surface area contributed by atoms with E-state index in [4.69, 9.17) is 9.47 Å². The maximum absolute atomic E-state index is 9.83. The van der Waals surface area contributed by atoms with Gasteiger partial charge in [-0.15, -0.1) is 0 Å². The number of methoxy groups -OCH3 is 1. The average Bonchev–Trinajstić information content (AvgIpc) is 2.63. The molecule has 1 saturated carbocycles. The highest BCUT2D eigenvalue weighted by molar-refractivity contribution is 5.28. The lowest BCUT2D eigenvalue weighted by Gasteiger charge is -2.38. The minimum absolute atomic E-state index is 0.106. The highest BCUT2D eigenvalue weighted by Crippen LogP contribution is 2.27. The van der Waals surface area contributed by atoms with E-state index in [0.29, 0.717) is 12.1 Å². The van der Waals surface area contributed by atoms with Gasteiger partial charge in [0.1, 0.15) is 5.75 Å². The normalized spacial score (nSPS) is 28.0. The van der Waals surface area contributed by atoms with Crippen LogP contribution >= 0.6 is 0 Å². The van der Waals surface area contributed by atoms with E-state index in [1.54, 1.807) is 7.11 Å². The van der Waals surface area contributed by atoms with Crippen LogP contribution in [0.25, 0.3) is 0 Å². The maximum Gasteiger partial charge on any atom is 0.119 e. The molecule has 1 aliphatic heterocycles. The molecule has 1 N–H and O–H groups in total. The van der Waals surface area contributed by atoms with Crippen LogP contribution in [0.4, 0.5) is 0 Å². The quantitative estimate of drug-likeness (QED) is 0.867. The second-order valence-electron chi connectivity index (χ2n) is 7.23. The van der Waals surface area contributed by atoms with E-state index >= 15 is 0 Å². The van der Waals surface area contributed by atoms with E-state index in [1.165, 1.54) is 24.8 Å². The molecule has 0 amide bonds. The van der Waals surface area contributed by atoms with Crippen LogP contribution in [0.5, 0.6) is 5.75 Å². The van der Waals surface area contributed by atoms with E-state index in [0.717, 1.165) is 51.1 Å². The molecule has 4 heteroatoms. The number of hydrogen-bond acceptors (Lipinski definition) is 4. The van der Waals surface area contributed by atoms with Gasteiger partial charge in [-0.05, 0) is 62.6 Å². The monoisotopic (exact) mass is 333 g/mol. The summed E-state index contributed by atoms with van der Waals surface area (Å²) in [5.74, 6) is 0.917. The molecule has 1 aliphatic carbocycles. The molecular formula is C20H31NO3. The van der Waals surface area contributed by atoms with Crippen molar-refractivity contribution in [3.63, 3.8) is 0 Å². The number of aliphatic hydroxyl groups is 1. The van der Waals surface area contributed by atoms with Crippen molar-refractivity contribution in [1.29, 1.82) is 0 Å².